The largest absolute Gasteiger partial charge is 0.479 e. The molecule has 0 radical (unpaired) electrons. The van der Waals surface area contributed by atoms with E-state index in [1.807, 2.05) is 6.92 Å². The van der Waals surface area contributed by atoms with E-state index in [0.29, 0.717) is 12.0 Å². The number of carboxylic acids is 1. The fourth-order valence-corrected chi connectivity index (χ4v) is 2.42. The SMILES string of the molecule is Cn1cc(C(NC(=O)C2(C)CCCCN2)C(=O)O)cn1. The van der Waals surface area contributed by atoms with Crippen molar-refractivity contribution in [2.75, 3.05) is 6.54 Å². The monoisotopic (exact) mass is 280 g/mol. The highest BCUT2D eigenvalue weighted by atomic mass is 16.4. The van der Waals surface area contributed by atoms with Crippen LogP contribution in [0.25, 0.3) is 0 Å². The summed E-state index contributed by atoms with van der Waals surface area (Å²) in [6, 6.07) is -1.07. The van der Waals surface area contributed by atoms with E-state index in [4.69, 9.17) is 0 Å². The Morgan fingerprint density at radius 3 is 2.80 bits per heavy atom. The topological polar surface area (TPSA) is 96.2 Å². The summed E-state index contributed by atoms with van der Waals surface area (Å²) in [6.45, 7) is 2.58. The zero-order valence-corrected chi connectivity index (χ0v) is 11.7. The summed E-state index contributed by atoms with van der Waals surface area (Å²) in [6.07, 6.45) is 5.75. The number of hydrogen-bond acceptors (Lipinski definition) is 4. The molecule has 1 amide bonds. The van der Waals surface area contributed by atoms with E-state index in [0.717, 1.165) is 19.4 Å². The van der Waals surface area contributed by atoms with Gasteiger partial charge in [0, 0.05) is 18.8 Å². The minimum Gasteiger partial charge on any atom is -0.479 e. The van der Waals surface area contributed by atoms with Crippen LogP contribution in [0.1, 0.15) is 37.8 Å². The molecule has 110 valence electrons. The summed E-state index contributed by atoms with van der Waals surface area (Å²) in [5.74, 6) is -1.38. The Labute approximate surface area is 117 Å². The number of aromatic nitrogens is 2. The first-order chi connectivity index (χ1) is 9.42. The molecule has 2 heterocycles. The van der Waals surface area contributed by atoms with Crippen molar-refractivity contribution in [1.29, 1.82) is 0 Å². The minimum atomic E-state index is -1.09. The molecule has 1 aliphatic rings. The molecular weight excluding hydrogens is 260 g/mol. The molecule has 2 atom stereocenters. The maximum absolute atomic E-state index is 12.4. The van der Waals surface area contributed by atoms with Crippen LogP contribution < -0.4 is 10.6 Å². The molecule has 1 saturated heterocycles. The van der Waals surface area contributed by atoms with Gasteiger partial charge in [0.05, 0.1) is 11.7 Å². The number of aryl methyl sites for hydroxylation is 1. The molecule has 1 aliphatic heterocycles. The Kier molecular flexibility index (Phi) is 4.08. The quantitative estimate of drug-likeness (QED) is 0.732. The molecule has 2 unspecified atom stereocenters. The van der Waals surface area contributed by atoms with Crippen molar-refractivity contribution < 1.29 is 14.7 Å². The number of hydrogen-bond donors (Lipinski definition) is 3. The fourth-order valence-electron chi connectivity index (χ4n) is 2.42. The van der Waals surface area contributed by atoms with Crippen LogP contribution in [0, 0.1) is 0 Å². The Hall–Kier alpha value is -1.89. The summed E-state index contributed by atoms with van der Waals surface area (Å²) in [7, 11) is 1.70. The Bertz CT molecular complexity index is 505. The molecular formula is C13H20N4O3. The van der Waals surface area contributed by atoms with Crippen LogP contribution >= 0.6 is 0 Å². The van der Waals surface area contributed by atoms with Crippen LogP contribution in [0.2, 0.25) is 0 Å². The van der Waals surface area contributed by atoms with Crippen molar-refractivity contribution in [2.45, 2.75) is 37.8 Å². The van der Waals surface area contributed by atoms with E-state index in [2.05, 4.69) is 15.7 Å². The van der Waals surface area contributed by atoms with Crippen molar-refractivity contribution in [3.63, 3.8) is 0 Å². The van der Waals surface area contributed by atoms with Crippen molar-refractivity contribution in [2.24, 2.45) is 7.05 Å². The number of carbonyl (C=O) groups excluding carboxylic acids is 1. The number of amides is 1. The first-order valence-electron chi connectivity index (χ1n) is 6.70. The van der Waals surface area contributed by atoms with Crippen LogP contribution in [-0.4, -0.2) is 38.8 Å². The van der Waals surface area contributed by atoms with Crippen LogP contribution in [-0.2, 0) is 16.6 Å². The van der Waals surface area contributed by atoms with Gasteiger partial charge in [0.1, 0.15) is 0 Å². The summed E-state index contributed by atoms with van der Waals surface area (Å²) in [4.78, 5) is 23.7. The molecule has 7 heteroatoms. The summed E-state index contributed by atoms with van der Waals surface area (Å²) >= 11 is 0. The zero-order chi connectivity index (χ0) is 14.8. The molecule has 0 spiro atoms. The zero-order valence-electron chi connectivity index (χ0n) is 11.7. The molecule has 7 nitrogen and oxygen atoms in total. The minimum absolute atomic E-state index is 0.284. The van der Waals surface area contributed by atoms with Crippen molar-refractivity contribution >= 4 is 11.9 Å². The molecule has 20 heavy (non-hydrogen) atoms. The molecule has 3 N–H and O–H groups in total. The van der Waals surface area contributed by atoms with Crippen LogP contribution in [0.3, 0.4) is 0 Å². The molecule has 0 aromatic carbocycles. The van der Waals surface area contributed by atoms with Gasteiger partial charge < -0.3 is 15.7 Å². The third kappa shape index (κ3) is 2.98. The summed E-state index contributed by atoms with van der Waals surface area (Å²) < 4.78 is 1.51. The Morgan fingerprint density at radius 2 is 2.30 bits per heavy atom. The van der Waals surface area contributed by atoms with Crippen LogP contribution in [0.5, 0.6) is 0 Å². The normalized spacial score (nSPS) is 24.1. The first-order valence-corrected chi connectivity index (χ1v) is 6.70. The second-order valence-corrected chi connectivity index (χ2v) is 5.41. The van der Waals surface area contributed by atoms with E-state index in [1.165, 1.54) is 10.9 Å². The van der Waals surface area contributed by atoms with Gasteiger partial charge in [0.25, 0.3) is 0 Å². The predicted octanol–water partition coefficient (Wildman–Crippen LogP) is 0.194. The molecule has 1 aromatic heterocycles. The number of nitrogens with one attached hydrogen (secondary N) is 2. The van der Waals surface area contributed by atoms with Crippen molar-refractivity contribution in [3.05, 3.63) is 18.0 Å². The number of carboxylic acid groups (broad SMARTS) is 1. The van der Waals surface area contributed by atoms with Gasteiger partial charge in [-0.25, -0.2) is 4.79 Å². The maximum atomic E-state index is 12.4. The van der Waals surface area contributed by atoms with Gasteiger partial charge in [-0.2, -0.15) is 5.10 Å². The van der Waals surface area contributed by atoms with Crippen molar-refractivity contribution in [1.82, 2.24) is 20.4 Å². The van der Waals surface area contributed by atoms with Gasteiger partial charge in [0.2, 0.25) is 5.91 Å². The third-order valence-corrected chi connectivity index (χ3v) is 3.70. The fraction of sp³-hybridized carbons (Fsp3) is 0.615. The van der Waals surface area contributed by atoms with E-state index < -0.39 is 17.6 Å². The predicted molar refractivity (Wildman–Crippen MR) is 72.0 cm³/mol. The molecule has 1 fully saturated rings. The van der Waals surface area contributed by atoms with Crippen LogP contribution in [0.4, 0.5) is 0 Å². The molecule has 0 aliphatic carbocycles. The second-order valence-electron chi connectivity index (χ2n) is 5.41. The smallest absolute Gasteiger partial charge is 0.331 e. The van der Waals surface area contributed by atoms with E-state index >= 15 is 0 Å². The van der Waals surface area contributed by atoms with Gasteiger partial charge in [-0.1, -0.05) is 0 Å². The lowest BCUT2D eigenvalue weighted by Crippen LogP contribution is -2.58. The van der Waals surface area contributed by atoms with E-state index in [-0.39, 0.29) is 5.91 Å². The molecule has 1 aromatic rings. The maximum Gasteiger partial charge on any atom is 0.331 e. The van der Waals surface area contributed by atoms with Gasteiger partial charge in [0.15, 0.2) is 6.04 Å². The number of piperidine rings is 1. The van der Waals surface area contributed by atoms with Gasteiger partial charge in [-0.05, 0) is 32.7 Å². The van der Waals surface area contributed by atoms with Crippen LogP contribution in [0.15, 0.2) is 12.4 Å². The number of aliphatic carboxylic acids is 1. The molecule has 0 saturated carbocycles. The number of rotatable bonds is 4. The standard InChI is InChI=1S/C13H20N4O3/c1-13(5-3-4-6-14-13)12(20)16-10(11(18)19)9-7-15-17(2)8-9/h7-8,10,14H,3-6H2,1-2H3,(H,16,20)(H,18,19). The van der Waals surface area contributed by atoms with Gasteiger partial charge in [-0.15, -0.1) is 0 Å². The van der Waals surface area contributed by atoms with E-state index in [9.17, 15) is 14.7 Å². The number of carbonyl (C=O) groups is 2. The van der Waals surface area contributed by atoms with E-state index in [1.54, 1.807) is 13.2 Å². The lowest BCUT2D eigenvalue weighted by Gasteiger charge is -2.34. The number of nitrogens with zero attached hydrogens (tertiary/aromatic N) is 2. The average Bonchev–Trinajstić information content (AvgIpc) is 2.82. The third-order valence-electron chi connectivity index (χ3n) is 3.70. The second kappa shape index (κ2) is 5.62. The summed E-state index contributed by atoms with van der Waals surface area (Å²) in [5.41, 5.74) is -0.235. The Morgan fingerprint density at radius 1 is 1.55 bits per heavy atom. The average molecular weight is 280 g/mol. The molecule has 2 rings (SSSR count). The Balaban J connectivity index is 2.12. The summed E-state index contributed by atoms with van der Waals surface area (Å²) in [5, 5.41) is 19.0. The highest BCUT2D eigenvalue weighted by Gasteiger charge is 2.37. The molecule has 0 bridgehead atoms. The van der Waals surface area contributed by atoms with Crippen molar-refractivity contribution in [3.8, 4) is 0 Å². The van der Waals surface area contributed by atoms with Gasteiger partial charge >= 0.3 is 5.97 Å². The first kappa shape index (κ1) is 14.5. The van der Waals surface area contributed by atoms with Gasteiger partial charge in [-0.3, -0.25) is 9.48 Å². The lowest BCUT2D eigenvalue weighted by molar-refractivity contribution is -0.143. The lowest BCUT2D eigenvalue weighted by atomic mass is 9.89. The highest BCUT2D eigenvalue weighted by molar-refractivity contribution is 5.90. The highest BCUT2D eigenvalue weighted by Crippen LogP contribution is 2.21.